The van der Waals surface area contributed by atoms with E-state index in [0.29, 0.717) is 0 Å². The molecule has 54 heavy (non-hydrogen) atoms. The van der Waals surface area contributed by atoms with Gasteiger partial charge >= 0.3 is 0 Å². The Morgan fingerprint density at radius 1 is 0.370 bits per heavy atom. The van der Waals surface area contributed by atoms with Crippen LogP contribution in [0.15, 0.2) is 186 Å². The first-order valence-electron chi connectivity index (χ1n) is 18.3. The van der Waals surface area contributed by atoms with Crippen LogP contribution < -0.4 is 0 Å². The molecule has 0 fully saturated rings. The third kappa shape index (κ3) is 4.06. The Labute approximate surface area is 309 Å². The predicted octanol–water partition coefficient (Wildman–Crippen LogP) is 12.8. The van der Waals surface area contributed by atoms with Crippen LogP contribution in [-0.4, -0.2) is 18.7 Å². The maximum atomic E-state index is 6.24. The zero-order chi connectivity index (χ0) is 35.3. The standard InChI is InChI=1S/C49H30N4O/c1-2-12-31(13-3-1)49-50-40-17-7-10-20-43(40)53(49)33-24-22-32(23-25-33)51-42-19-9-5-16-38(42)47-44(51)28-27-37-35-14-4-8-18-41(35)52(48(37)47)34-26-29-46-39(30-34)36-15-6-11-21-45(36)54-46/h1-30H. The van der Waals surface area contributed by atoms with Gasteiger partial charge < -0.3 is 13.6 Å². The highest BCUT2D eigenvalue weighted by atomic mass is 16.3. The molecule has 0 unspecified atom stereocenters. The van der Waals surface area contributed by atoms with Crippen LogP contribution in [0.1, 0.15) is 0 Å². The van der Waals surface area contributed by atoms with Crippen molar-refractivity contribution in [3.8, 4) is 28.5 Å². The molecule has 0 saturated carbocycles. The molecule has 4 aromatic heterocycles. The first-order chi connectivity index (χ1) is 26.8. The van der Waals surface area contributed by atoms with E-state index in [1.165, 1.54) is 38.1 Å². The molecule has 4 heterocycles. The fraction of sp³-hybridized carbons (Fsp3) is 0. The topological polar surface area (TPSA) is 40.8 Å². The van der Waals surface area contributed by atoms with Gasteiger partial charge in [0.2, 0.25) is 0 Å². The molecular formula is C49H30N4O. The monoisotopic (exact) mass is 690 g/mol. The average molecular weight is 691 g/mol. The Kier molecular flexibility index (Phi) is 5.99. The number of benzene rings is 8. The van der Waals surface area contributed by atoms with Crippen molar-refractivity contribution < 1.29 is 4.42 Å². The van der Waals surface area contributed by atoms with Gasteiger partial charge in [-0.05, 0) is 78.9 Å². The van der Waals surface area contributed by atoms with Gasteiger partial charge in [-0.15, -0.1) is 0 Å². The third-order valence-corrected chi connectivity index (χ3v) is 11.0. The SMILES string of the molecule is c1ccc(-c2nc3ccccc3n2-c2ccc(-n3c4ccccc4c4c3ccc3c5ccccc5n(-c5ccc6oc7ccccc7c6c5)c34)cc2)cc1. The maximum Gasteiger partial charge on any atom is 0.145 e. The second-order valence-corrected chi connectivity index (χ2v) is 14.0. The molecule has 252 valence electrons. The number of nitrogens with zero attached hydrogens (tertiary/aromatic N) is 4. The minimum atomic E-state index is 0.894. The van der Waals surface area contributed by atoms with Gasteiger partial charge in [-0.3, -0.25) is 4.57 Å². The van der Waals surface area contributed by atoms with Crippen molar-refractivity contribution >= 4 is 76.6 Å². The molecule has 5 nitrogen and oxygen atoms in total. The van der Waals surface area contributed by atoms with E-state index in [1.807, 2.05) is 24.3 Å². The average Bonchev–Trinajstić information content (AvgIpc) is 3.99. The number of fused-ring (bicyclic) bond motifs is 11. The number of para-hydroxylation sites is 5. The van der Waals surface area contributed by atoms with Gasteiger partial charge in [-0.2, -0.15) is 0 Å². The number of hydrogen-bond donors (Lipinski definition) is 0. The zero-order valence-electron chi connectivity index (χ0n) is 29.0. The summed E-state index contributed by atoms with van der Waals surface area (Å²) in [6.07, 6.45) is 0. The molecule has 0 spiro atoms. The van der Waals surface area contributed by atoms with Gasteiger partial charge in [0.05, 0.1) is 33.1 Å². The van der Waals surface area contributed by atoms with Crippen LogP contribution in [0.3, 0.4) is 0 Å². The van der Waals surface area contributed by atoms with E-state index >= 15 is 0 Å². The second-order valence-electron chi connectivity index (χ2n) is 14.0. The number of hydrogen-bond acceptors (Lipinski definition) is 2. The van der Waals surface area contributed by atoms with E-state index in [4.69, 9.17) is 9.40 Å². The second kappa shape index (κ2) is 11.1. The first kappa shape index (κ1) is 29.2. The minimum absolute atomic E-state index is 0.894. The van der Waals surface area contributed by atoms with E-state index in [9.17, 15) is 0 Å². The Balaban J connectivity index is 1.11. The molecule has 0 amide bonds. The van der Waals surface area contributed by atoms with Crippen molar-refractivity contribution in [3.63, 3.8) is 0 Å². The van der Waals surface area contributed by atoms with Crippen molar-refractivity contribution in [1.82, 2.24) is 18.7 Å². The highest BCUT2D eigenvalue weighted by Crippen LogP contribution is 2.43. The highest BCUT2D eigenvalue weighted by Gasteiger charge is 2.22. The van der Waals surface area contributed by atoms with Crippen LogP contribution >= 0.6 is 0 Å². The predicted molar refractivity (Wildman–Crippen MR) is 222 cm³/mol. The summed E-state index contributed by atoms with van der Waals surface area (Å²) in [5, 5.41) is 7.15. The third-order valence-electron chi connectivity index (χ3n) is 11.0. The van der Waals surface area contributed by atoms with Crippen molar-refractivity contribution in [1.29, 1.82) is 0 Å². The lowest BCUT2D eigenvalue weighted by Crippen LogP contribution is -1.99. The van der Waals surface area contributed by atoms with E-state index in [0.717, 1.165) is 66.9 Å². The van der Waals surface area contributed by atoms with E-state index in [2.05, 4.69) is 171 Å². The fourth-order valence-electron chi connectivity index (χ4n) is 8.73. The summed E-state index contributed by atoms with van der Waals surface area (Å²) in [6, 6.07) is 64.7. The van der Waals surface area contributed by atoms with Crippen LogP contribution in [0.25, 0.3) is 105 Å². The molecule has 12 rings (SSSR count). The van der Waals surface area contributed by atoms with Gasteiger partial charge in [-0.25, -0.2) is 4.98 Å². The van der Waals surface area contributed by atoms with Crippen LogP contribution in [0.2, 0.25) is 0 Å². The number of aromatic nitrogens is 4. The van der Waals surface area contributed by atoms with Crippen LogP contribution in [-0.2, 0) is 0 Å². The Morgan fingerprint density at radius 3 is 1.80 bits per heavy atom. The molecule has 0 saturated heterocycles. The number of furan rings is 1. The Hall–Kier alpha value is -7.37. The van der Waals surface area contributed by atoms with Crippen LogP contribution in [0.5, 0.6) is 0 Å². The Morgan fingerprint density at radius 2 is 0.981 bits per heavy atom. The molecule has 0 aliphatic heterocycles. The quantitative estimate of drug-likeness (QED) is 0.184. The normalized spacial score (nSPS) is 12.1. The van der Waals surface area contributed by atoms with Crippen molar-refractivity contribution in [3.05, 3.63) is 182 Å². The molecule has 0 N–H and O–H groups in total. The maximum absolute atomic E-state index is 6.24. The summed E-state index contributed by atoms with van der Waals surface area (Å²) >= 11 is 0. The molecule has 0 bridgehead atoms. The molecule has 5 heteroatoms. The summed E-state index contributed by atoms with van der Waals surface area (Å²) < 4.78 is 13.4. The molecule has 12 aromatic rings. The van der Waals surface area contributed by atoms with Crippen LogP contribution in [0, 0.1) is 0 Å². The van der Waals surface area contributed by atoms with Crippen molar-refractivity contribution in [2.24, 2.45) is 0 Å². The minimum Gasteiger partial charge on any atom is -0.456 e. The summed E-state index contributed by atoms with van der Waals surface area (Å²) in [6.45, 7) is 0. The lowest BCUT2D eigenvalue weighted by atomic mass is 10.1. The summed E-state index contributed by atoms with van der Waals surface area (Å²) in [5.41, 5.74) is 12.9. The number of rotatable bonds is 4. The summed E-state index contributed by atoms with van der Waals surface area (Å²) in [4.78, 5) is 5.07. The smallest absolute Gasteiger partial charge is 0.145 e. The van der Waals surface area contributed by atoms with Crippen molar-refractivity contribution in [2.45, 2.75) is 0 Å². The van der Waals surface area contributed by atoms with Gasteiger partial charge in [0.15, 0.2) is 0 Å². The Bertz CT molecular complexity index is 3430. The largest absolute Gasteiger partial charge is 0.456 e. The van der Waals surface area contributed by atoms with Crippen molar-refractivity contribution in [2.75, 3.05) is 0 Å². The van der Waals surface area contributed by atoms with Gasteiger partial charge in [0.25, 0.3) is 0 Å². The molecule has 8 aromatic carbocycles. The zero-order valence-corrected chi connectivity index (χ0v) is 29.0. The molecule has 0 aliphatic rings. The van der Waals surface area contributed by atoms with E-state index < -0.39 is 0 Å². The molecule has 0 atom stereocenters. The van der Waals surface area contributed by atoms with Crippen LogP contribution in [0.4, 0.5) is 0 Å². The molecule has 0 radical (unpaired) electrons. The highest BCUT2D eigenvalue weighted by molar-refractivity contribution is 6.26. The molecular weight excluding hydrogens is 661 g/mol. The van der Waals surface area contributed by atoms with Gasteiger partial charge in [0, 0.05) is 54.9 Å². The lowest BCUT2D eigenvalue weighted by Gasteiger charge is -2.13. The fourth-order valence-corrected chi connectivity index (χ4v) is 8.73. The summed E-state index contributed by atoms with van der Waals surface area (Å²) in [7, 11) is 0. The van der Waals surface area contributed by atoms with Gasteiger partial charge in [0.1, 0.15) is 17.0 Å². The first-order valence-corrected chi connectivity index (χ1v) is 18.3. The lowest BCUT2D eigenvalue weighted by molar-refractivity contribution is 0.669. The van der Waals surface area contributed by atoms with E-state index in [1.54, 1.807) is 0 Å². The number of imidazole rings is 1. The van der Waals surface area contributed by atoms with E-state index in [-0.39, 0.29) is 0 Å². The summed E-state index contributed by atoms with van der Waals surface area (Å²) in [5.74, 6) is 0.929. The van der Waals surface area contributed by atoms with Gasteiger partial charge in [-0.1, -0.05) is 103 Å². The molecule has 0 aliphatic carbocycles.